The molecule has 152 valence electrons. The second-order valence-corrected chi connectivity index (χ2v) is 7.67. The standard InChI is InChI=1S/C21H27FN4S.HI/c1-2-23-21(25-16-18-4-3-5-19(22)14-18)24-15-17-6-8-20(9-7-17)26-10-12-27-13-11-26;/h3-9,14H,2,10-13,15-16H2,1H3,(H2,23,24,25);1H. The summed E-state index contributed by atoms with van der Waals surface area (Å²) in [7, 11) is 0. The fourth-order valence-corrected chi connectivity index (χ4v) is 3.88. The van der Waals surface area contributed by atoms with E-state index in [9.17, 15) is 4.39 Å². The van der Waals surface area contributed by atoms with Crippen molar-refractivity contribution in [2.75, 3.05) is 36.0 Å². The first-order valence-electron chi connectivity index (χ1n) is 9.43. The predicted octanol–water partition coefficient (Wildman–Crippen LogP) is 4.25. The zero-order valence-electron chi connectivity index (χ0n) is 16.2. The van der Waals surface area contributed by atoms with Gasteiger partial charge in [-0.2, -0.15) is 11.8 Å². The van der Waals surface area contributed by atoms with Gasteiger partial charge in [-0.3, -0.25) is 0 Å². The molecule has 0 spiro atoms. The van der Waals surface area contributed by atoms with E-state index >= 15 is 0 Å². The molecular weight excluding hydrogens is 486 g/mol. The van der Waals surface area contributed by atoms with Gasteiger partial charge in [0.2, 0.25) is 0 Å². The summed E-state index contributed by atoms with van der Waals surface area (Å²) in [5.41, 5.74) is 3.36. The second-order valence-electron chi connectivity index (χ2n) is 6.44. The Bertz CT molecular complexity index is 748. The van der Waals surface area contributed by atoms with Crippen molar-refractivity contribution in [1.29, 1.82) is 0 Å². The second kappa shape index (κ2) is 12.2. The van der Waals surface area contributed by atoms with E-state index in [1.807, 2.05) is 24.8 Å². The number of nitrogens with zero attached hydrogens (tertiary/aromatic N) is 2. The topological polar surface area (TPSA) is 39.7 Å². The maximum absolute atomic E-state index is 13.3. The van der Waals surface area contributed by atoms with E-state index in [-0.39, 0.29) is 29.8 Å². The minimum atomic E-state index is -0.229. The lowest BCUT2D eigenvalue weighted by Gasteiger charge is -2.28. The van der Waals surface area contributed by atoms with Crippen LogP contribution < -0.4 is 15.5 Å². The SMILES string of the molecule is CCNC(=NCc1cccc(F)c1)NCc1ccc(N2CCSCC2)cc1.I. The van der Waals surface area contributed by atoms with Crippen LogP contribution in [0.15, 0.2) is 53.5 Å². The predicted molar refractivity (Wildman–Crippen MR) is 129 cm³/mol. The zero-order chi connectivity index (χ0) is 18.9. The van der Waals surface area contributed by atoms with Crippen LogP contribution in [-0.4, -0.2) is 37.1 Å². The average molecular weight is 514 g/mol. The van der Waals surface area contributed by atoms with Crippen LogP contribution in [0.3, 0.4) is 0 Å². The highest BCUT2D eigenvalue weighted by molar-refractivity contribution is 14.0. The molecular formula is C21H28FIN4S. The number of hydrogen-bond donors (Lipinski definition) is 2. The number of hydrogen-bond acceptors (Lipinski definition) is 3. The van der Waals surface area contributed by atoms with E-state index in [1.54, 1.807) is 6.07 Å². The smallest absolute Gasteiger partial charge is 0.191 e. The van der Waals surface area contributed by atoms with Crippen molar-refractivity contribution in [3.8, 4) is 0 Å². The van der Waals surface area contributed by atoms with Crippen LogP contribution in [0.1, 0.15) is 18.1 Å². The van der Waals surface area contributed by atoms with Gasteiger partial charge in [-0.05, 0) is 42.3 Å². The van der Waals surface area contributed by atoms with Crippen molar-refractivity contribution < 1.29 is 4.39 Å². The number of guanidine groups is 1. The molecule has 0 amide bonds. The van der Waals surface area contributed by atoms with Gasteiger partial charge in [0, 0.05) is 43.4 Å². The summed E-state index contributed by atoms with van der Waals surface area (Å²) in [5, 5.41) is 6.58. The summed E-state index contributed by atoms with van der Waals surface area (Å²) in [6, 6.07) is 15.3. The Morgan fingerprint density at radius 2 is 1.82 bits per heavy atom. The number of aliphatic imine (C=N–C) groups is 1. The maximum Gasteiger partial charge on any atom is 0.191 e. The minimum absolute atomic E-state index is 0. The highest BCUT2D eigenvalue weighted by atomic mass is 127. The summed E-state index contributed by atoms with van der Waals surface area (Å²) < 4.78 is 13.3. The van der Waals surface area contributed by atoms with Gasteiger partial charge >= 0.3 is 0 Å². The molecule has 1 aliphatic heterocycles. The third kappa shape index (κ3) is 7.16. The number of benzene rings is 2. The van der Waals surface area contributed by atoms with Gasteiger partial charge in [0.1, 0.15) is 5.82 Å². The summed E-state index contributed by atoms with van der Waals surface area (Å²) in [6.45, 7) is 6.20. The normalized spacial score (nSPS) is 14.4. The molecule has 1 saturated heterocycles. The molecule has 1 heterocycles. The molecule has 0 bridgehead atoms. The van der Waals surface area contributed by atoms with Crippen molar-refractivity contribution in [3.63, 3.8) is 0 Å². The number of rotatable bonds is 6. The van der Waals surface area contributed by atoms with E-state index in [0.29, 0.717) is 13.1 Å². The molecule has 0 aliphatic carbocycles. The Morgan fingerprint density at radius 3 is 2.50 bits per heavy atom. The van der Waals surface area contributed by atoms with Crippen molar-refractivity contribution in [3.05, 3.63) is 65.5 Å². The summed E-state index contributed by atoms with van der Waals surface area (Å²) >= 11 is 2.02. The number of thioether (sulfide) groups is 1. The summed E-state index contributed by atoms with van der Waals surface area (Å²) in [5.74, 6) is 2.92. The molecule has 2 N–H and O–H groups in total. The van der Waals surface area contributed by atoms with E-state index in [2.05, 4.69) is 44.8 Å². The fraction of sp³-hybridized carbons (Fsp3) is 0.381. The first-order chi connectivity index (χ1) is 13.2. The lowest BCUT2D eigenvalue weighted by molar-refractivity contribution is 0.625. The van der Waals surface area contributed by atoms with Gasteiger partial charge in [-0.1, -0.05) is 24.3 Å². The third-order valence-corrected chi connectivity index (χ3v) is 5.37. The molecule has 1 fully saturated rings. The van der Waals surface area contributed by atoms with E-state index in [4.69, 9.17) is 0 Å². The lowest BCUT2D eigenvalue weighted by Crippen LogP contribution is -2.36. The van der Waals surface area contributed by atoms with Crippen molar-refractivity contribution >= 4 is 47.4 Å². The highest BCUT2D eigenvalue weighted by Crippen LogP contribution is 2.19. The fourth-order valence-electron chi connectivity index (χ4n) is 2.98. The molecule has 0 aromatic heterocycles. The van der Waals surface area contributed by atoms with Crippen molar-refractivity contribution in [2.45, 2.75) is 20.0 Å². The van der Waals surface area contributed by atoms with Crippen LogP contribution >= 0.6 is 35.7 Å². The Morgan fingerprint density at radius 1 is 1.07 bits per heavy atom. The largest absolute Gasteiger partial charge is 0.370 e. The number of nitrogens with one attached hydrogen (secondary N) is 2. The summed E-state index contributed by atoms with van der Waals surface area (Å²) in [4.78, 5) is 6.99. The molecule has 28 heavy (non-hydrogen) atoms. The summed E-state index contributed by atoms with van der Waals surface area (Å²) in [6.07, 6.45) is 0. The van der Waals surface area contributed by atoms with Gasteiger partial charge in [-0.15, -0.1) is 24.0 Å². The van der Waals surface area contributed by atoms with Gasteiger partial charge in [0.05, 0.1) is 6.54 Å². The Kier molecular flexibility index (Phi) is 9.91. The molecule has 0 atom stereocenters. The average Bonchev–Trinajstić information content (AvgIpc) is 2.71. The molecule has 0 unspecified atom stereocenters. The van der Waals surface area contributed by atoms with Crippen LogP contribution in [-0.2, 0) is 13.1 Å². The number of anilines is 1. The number of halogens is 2. The molecule has 2 aromatic carbocycles. The van der Waals surface area contributed by atoms with Crippen molar-refractivity contribution in [2.24, 2.45) is 4.99 Å². The van der Waals surface area contributed by atoms with Crippen molar-refractivity contribution in [1.82, 2.24) is 10.6 Å². The van der Waals surface area contributed by atoms with Crippen LogP contribution in [0.5, 0.6) is 0 Å². The molecule has 3 rings (SSSR count). The minimum Gasteiger partial charge on any atom is -0.370 e. The first-order valence-corrected chi connectivity index (χ1v) is 10.6. The monoisotopic (exact) mass is 514 g/mol. The molecule has 7 heteroatoms. The highest BCUT2D eigenvalue weighted by Gasteiger charge is 2.10. The van der Waals surface area contributed by atoms with Crippen LogP contribution in [0.4, 0.5) is 10.1 Å². The first kappa shape index (κ1) is 22.8. The molecule has 4 nitrogen and oxygen atoms in total. The Hall–Kier alpha value is -1.48. The van der Waals surface area contributed by atoms with E-state index in [0.717, 1.165) is 31.2 Å². The van der Waals surface area contributed by atoms with E-state index < -0.39 is 0 Å². The quantitative estimate of drug-likeness (QED) is 0.344. The van der Waals surface area contributed by atoms with Gasteiger partial charge in [0.15, 0.2) is 5.96 Å². The third-order valence-electron chi connectivity index (χ3n) is 4.43. The Balaban J connectivity index is 0.00000280. The molecule has 2 aromatic rings. The van der Waals surface area contributed by atoms with Gasteiger partial charge in [0.25, 0.3) is 0 Å². The van der Waals surface area contributed by atoms with Crippen LogP contribution in [0, 0.1) is 5.82 Å². The Labute approximate surface area is 188 Å². The lowest BCUT2D eigenvalue weighted by atomic mass is 10.2. The zero-order valence-corrected chi connectivity index (χ0v) is 19.3. The molecule has 1 aliphatic rings. The molecule has 0 saturated carbocycles. The molecule has 0 radical (unpaired) electrons. The van der Waals surface area contributed by atoms with Gasteiger partial charge in [-0.25, -0.2) is 9.38 Å². The van der Waals surface area contributed by atoms with Crippen LogP contribution in [0.25, 0.3) is 0 Å². The maximum atomic E-state index is 13.3. The van der Waals surface area contributed by atoms with Gasteiger partial charge < -0.3 is 15.5 Å². The van der Waals surface area contributed by atoms with Crippen LogP contribution in [0.2, 0.25) is 0 Å². The van der Waals surface area contributed by atoms with E-state index in [1.165, 1.54) is 34.9 Å².